The van der Waals surface area contributed by atoms with Gasteiger partial charge in [-0.25, -0.2) is 9.59 Å². The van der Waals surface area contributed by atoms with E-state index < -0.39 is 11.7 Å². The van der Waals surface area contributed by atoms with Gasteiger partial charge in [0.15, 0.2) is 0 Å². The second-order valence-electron chi connectivity index (χ2n) is 5.25. The van der Waals surface area contributed by atoms with Crippen LogP contribution in [0.2, 0.25) is 0 Å². The predicted octanol–water partition coefficient (Wildman–Crippen LogP) is 1.45. The molecule has 0 spiro atoms. The average molecular weight is 310 g/mol. The van der Waals surface area contributed by atoms with Crippen molar-refractivity contribution >= 4 is 16.9 Å². The van der Waals surface area contributed by atoms with E-state index in [1.165, 1.54) is 16.7 Å². The number of rotatable bonds is 3. The van der Waals surface area contributed by atoms with Gasteiger partial charge in [0, 0.05) is 7.05 Å². The molecule has 0 saturated heterocycles. The Hall–Kier alpha value is -3.15. The number of nitrogens with zero attached hydrogens (tertiary/aromatic N) is 2. The lowest BCUT2D eigenvalue weighted by molar-refractivity contribution is 0.0697. The Morgan fingerprint density at radius 1 is 1.04 bits per heavy atom. The fourth-order valence-corrected chi connectivity index (χ4v) is 2.54. The Balaban J connectivity index is 2.12. The van der Waals surface area contributed by atoms with Crippen LogP contribution in [0.5, 0.6) is 0 Å². The van der Waals surface area contributed by atoms with E-state index in [4.69, 9.17) is 5.11 Å². The van der Waals surface area contributed by atoms with Gasteiger partial charge in [-0.2, -0.15) is 0 Å². The normalized spacial score (nSPS) is 10.8. The molecule has 0 aliphatic rings. The molecule has 1 N–H and O–H groups in total. The highest BCUT2D eigenvalue weighted by molar-refractivity contribution is 5.87. The Morgan fingerprint density at radius 2 is 1.70 bits per heavy atom. The quantitative estimate of drug-likeness (QED) is 0.794. The number of para-hydroxylation sites is 1. The molecular formula is C17H14N2O4. The second-order valence-corrected chi connectivity index (χ2v) is 5.25. The Kier molecular flexibility index (Phi) is 3.57. The monoisotopic (exact) mass is 310 g/mol. The molecule has 3 rings (SSSR count). The minimum atomic E-state index is -1.02. The van der Waals surface area contributed by atoms with E-state index in [1.54, 1.807) is 43.4 Å². The van der Waals surface area contributed by atoms with Gasteiger partial charge in [0.05, 0.1) is 23.0 Å². The van der Waals surface area contributed by atoms with Crippen LogP contribution in [0, 0.1) is 0 Å². The number of aromatic carboxylic acids is 1. The summed E-state index contributed by atoms with van der Waals surface area (Å²) in [5.74, 6) is -1.02. The molecule has 0 bridgehead atoms. The lowest BCUT2D eigenvalue weighted by Gasteiger charge is -2.10. The molecule has 6 heteroatoms. The first-order valence-electron chi connectivity index (χ1n) is 7.00. The van der Waals surface area contributed by atoms with Crippen molar-refractivity contribution in [3.63, 3.8) is 0 Å². The van der Waals surface area contributed by atoms with Crippen molar-refractivity contribution < 1.29 is 9.90 Å². The van der Waals surface area contributed by atoms with Gasteiger partial charge in [0.2, 0.25) is 0 Å². The molecule has 0 atom stereocenters. The van der Waals surface area contributed by atoms with Crippen LogP contribution in [0.25, 0.3) is 10.9 Å². The molecule has 116 valence electrons. The van der Waals surface area contributed by atoms with Crippen LogP contribution >= 0.6 is 0 Å². The van der Waals surface area contributed by atoms with Crippen molar-refractivity contribution in [2.75, 3.05) is 0 Å². The molecule has 1 aromatic heterocycles. The smallest absolute Gasteiger partial charge is 0.335 e. The van der Waals surface area contributed by atoms with E-state index in [2.05, 4.69) is 0 Å². The van der Waals surface area contributed by atoms with Crippen LogP contribution in [0.15, 0.2) is 58.1 Å². The molecule has 1 heterocycles. The maximum absolute atomic E-state index is 12.5. The van der Waals surface area contributed by atoms with Gasteiger partial charge in [0.25, 0.3) is 5.56 Å². The van der Waals surface area contributed by atoms with Crippen molar-refractivity contribution in [2.45, 2.75) is 6.54 Å². The molecule has 0 amide bonds. The highest BCUT2D eigenvalue weighted by atomic mass is 16.4. The zero-order valence-electron chi connectivity index (χ0n) is 12.4. The molecule has 0 aliphatic heterocycles. The Labute approximate surface area is 130 Å². The van der Waals surface area contributed by atoms with E-state index in [0.717, 1.165) is 4.57 Å². The number of carboxylic acid groups (broad SMARTS) is 1. The van der Waals surface area contributed by atoms with Crippen LogP contribution in [-0.4, -0.2) is 20.2 Å². The summed E-state index contributed by atoms with van der Waals surface area (Å²) in [6.07, 6.45) is 0. The van der Waals surface area contributed by atoms with Crippen LogP contribution < -0.4 is 11.2 Å². The van der Waals surface area contributed by atoms with E-state index in [0.29, 0.717) is 16.5 Å². The van der Waals surface area contributed by atoms with Crippen molar-refractivity contribution in [2.24, 2.45) is 7.05 Å². The fourth-order valence-electron chi connectivity index (χ4n) is 2.54. The summed E-state index contributed by atoms with van der Waals surface area (Å²) in [5, 5.41) is 9.37. The number of carboxylic acids is 1. The van der Waals surface area contributed by atoms with Gasteiger partial charge in [-0.15, -0.1) is 0 Å². The largest absolute Gasteiger partial charge is 0.478 e. The molecule has 23 heavy (non-hydrogen) atoms. The molecule has 0 unspecified atom stereocenters. The van der Waals surface area contributed by atoms with Gasteiger partial charge in [-0.05, 0) is 29.8 Å². The summed E-state index contributed by atoms with van der Waals surface area (Å²) >= 11 is 0. The first-order valence-corrected chi connectivity index (χ1v) is 7.00. The first-order chi connectivity index (χ1) is 11.0. The van der Waals surface area contributed by atoms with Gasteiger partial charge < -0.3 is 5.11 Å². The number of hydrogen-bond acceptors (Lipinski definition) is 3. The van der Waals surface area contributed by atoms with Crippen LogP contribution in [-0.2, 0) is 13.6 Å². The molecule has 0 radical (unpaired) electrons. The number of aromatic nitrogens is 2. The molecule has 6 nitrogen and oxygen atoms in total. The summed E-state index contributed by atoms with van der Waals surface area (Å²) in [7, 11) is 1.62. The summed E-state index contributed by atoms with van der Waals surface area (Å²) in [4.78, 5) is 35.8. The van der Waals surface area contributed by atoms with Crippen molar-refractivity contribution in [1.82, 2.24) is 9.13 Å². The number of aryl methyl sites for hydroxylation is 1. The lowest BCUT2D eigenvalue weighted by atomic mass is 10.1. The topological polar surface area (TPSA) is 81.3 Å². The minimum absolute atomic E-state index is 0.0935. The third kappa shape index (κ3) is 2.55. The molecule has 0 aliphatic carbocycles. The van der Waals surface area contributed by atoms with E-state index in [-0.39, 0.29) is 17.7 Å². The van der Waals surface area contributed by atoms with E-state index in [1.807, 2.05) is 0 Å². The van der Waals surface area contributed by atoms with Crippen LogP contribution in [0.3, 0.4) is 0 Å². The van der Waals surface area contributed by atoms with Gasteiger partial charge >= 0.3 is 11.7 Å². The van der Waals surface area contributed by atoms with Gasteiger partial charge in [-0.1, -0.05) is 24.3 Å². The van der Waals surface area contributed by atoms with Gasteiger partial charge in [0.1, 0.15) is 0 Å². The first kappa shape index (κ1) is 14.8. The summed E-state index contributed by atoms with van der Waals surface area (Å²) in [5.41, 5.74) is 0.666. The molecule has 0 fully saturated rings. The molecular weight excluding hydrogens is 296 g/mol. The zero-order valence-corrected chi connectivity index (χ0v) is 12.4. The Bertz CT molecular complexity index is 1010. The van der Waals surface area contributed by atoms with Crippen molar-refractivity contribution in [3.05, 3.63) is 80.5 Å². The number of hydrogen-bond donors (Lipinski definition) is 1. The maximum Gasteiger partial charge on any atom is 0.335 e. The molecule has 2 aromatic carbocycles. The third-order valence-electron chi connectivity index (χ3n) is 3.80. The zero-order chi connectivity index (χ0) is 16.6. The highest BCUT2D eigenvalue weighted by Crippen LogP contribution is 2.08. The molecule has 3 aromatic rings. The second kappa shape index (κ2) is 5.57. The summed E-state index contributed by atoms with van der Waals surface area (Å²) in [6.45, 7) is 0.0935. The summed E-state index contributed by atoms with van der Waals surface area (Å²) < 4.78 is 2.58. The van der Waals surface area contributed by atoms with Crippen LogP contribution in [0.1, 0.15) is 15.9 Å². The number of fused-ring (bicyclic) bond motifs is 1. The lowest BCUT2D eigenvalue weighted by Crippen LogP contribution is -2.39. The standard InChI is InChI=1S/C17H14N2O4/c1-18-14-5-3-2-4-13(14)15(20)19(17(18)23)10-11-6-8-12(9-7-11)16(21)22/h2-9H,10H2,1H3,(H,21,22). The van der Waals surface area contributed by atoms with E-state index >= 15 is 0 Å². The number of carbonyl (C=O) groups is 1. The fraction of sp³-hybridized carbons (Fsp3) is 0.118. The Morgan fingerprint density at radius 3 is 2.35 bits per heavy atom. The predicted molar refractivity (Wildman–Crippen MR) is 86.0 cm³/mol. The summed E-state index contributed by atoms with van der Waals surface area (Å²) in [6, 6.07) is 13.0. The third-order valence-corrected chi connectivity index (χ3v) is 3.80. The van der Waals surface area contributed by atoms with Crippen molar-refractivity contribution in [3.8, 4) is 0 Å². The highest BCUT2D eigenvalue weighted by Gasteiger charge is 2.11. The van der Waals surface area contributed by atoms with Gasteiger partial charge in [-0.3, -0.25) is 13.9 Å². The molecule has 0 saturated carbocycles. The van der Waals surface area contributed by atoms with Crippen LogP contribution in [0.4, 0.5) is 0 Å². The maximum atomic E-state index is 12.5. The van der Waals surface area contributed by atoms with Crippen molar-refractivity contribution in [1.29, 1.82) is 0 Å². The minimum Gasteiger partial charge on any atom is -0.478 e. The average Bonchev–Trinajstić information content (AvgIpc) is 2.57. The number of benzene rings is 2. The van der Waals surface area contributed by atoms with E-state index in [9.17, 15) is 14.4 Å². The SMILES string of the molecule is Cn1c(=O)n(Cc2ccc(C(=O)O)cc2)c(=O)c2ccccc21.